The van der Waals surface area contributed by atoms with Crippen molar-refractivity contribution in [1.82, 2.24) is 19.8 Å². The number of nitrogens with zero attached hydrogens (tertiary/aromatic N) is 6. The molecule has 0 amide bonds. The maximum Gasteiger partial charge on any atom is 0.200 e. The molecule has 24 heavy (non-hydrogen) atoms. The van der Waals surface area contributed by atoms with Crippen molar-refractivity contribution in [3.05, 3.63) is 47.9 Å². The first-order valence-electron chi connectivity index (χ1n) is 7.74. The summed E-state index contributed by atoms with van der Waals surface area (Å²) in [5, 5.41) is 12.4. The average Bonchev–Trinajstić information content (AvgIpc) is 3.02. The van der Waals surface area contributed by atoms with Gasteiger partial charge >= 0.3 is 0 Å². The van der Waals surface area contributed by atoms with Gasteiger partial charge in [0.05, 0.1) is 17.1 Å². The van der Waals surface area contributed by atoms with Crippen molar-refractivity contribution in [2.45, 2.75) is 6.92 Å². The molecular weight excluding hydrogens is 314 g/mol. The summed E-state index contributed by atoms with van der Waals surface area (Å²) in [4.78, 5) is 4.12. The van der Waals surface area contributed by atoms with Gasteiger partial charge in [0.15, 0.2) is 0 Å². The summed E-state index contributed by atoms with van der Waals surface area (Å²) >= 11 is 0. The number of benzene rings is 1. The highest BCUT2D eigenvalue weighted by molar-refractivity contribution is 5.69. The minimum Gasteiger partial charge on any atom is -0.366 e. The molecule has 4 rings (SSSR count). The van der Waals surface area contributed by atoms with E-state index in [9.17, 15) is 8.78 Å². The number of rotatable bonds is 2. The van der Waals surface area contributed by atoms with Crippen LogP contribution in [-0.4, -0.2) is 46.0 Å². The predicted octanol–water partition coefficient (Wildman–Crippen LogP) is 2.04. The second-order valence-electron chi connectivity index (χ2n) is 5.84. The fourth-order valence-electron chi connectivity index (χ4n) is 3.09. The number of piperazine rings is 1. The molecule has 0 atom stereocenters. The molecule has 8 heteroatoms. The minimum atomic E-state index is -0.559. The van der Waals surface area contributed by atoms with Crippen molar-refractivity contribution in [2.75, 3.05) is 36.0 Å². The Morgan fingerprint density at radius 1 is 0.958 bits per heavy atom. The highest BCUT2D eigenvalue weighted by atomic mass is 19.1. The van der Waals surface area contributed by atoms with E-state index in [4.69, 9.17) is 0 Å². The maximum absolute atomic E-state index is 13.9. The molecule has 124 valence electrons. The lowest BCUT2D eigenvalue weighted by Gasteiger charge is -2.37. The van der Waals surface area contributed by atoms with Crippen LogP contribution in [0.15, 0.2) is 30.6 Å². The van der Waals surface area contributed by atoms with Crippen molar-refractivity contribution in [3.63, 3.8) is 0 Å². The molecule has 0 unspecified atom stereocenters. The van der Waals surface area contributed by atoms with Gasteiger partial charge < -0.3 is 9.80 Å². The van der Waals surface area contributed by atoms with Crippen LogP contribution in [0.2, 0.25) is 0 Å². The van der Waals surface area contributed by atoms with Gasteiger partial charge in [-0.1, -0.05) is 0 Å². The van der Waals surface area contributed by atoms with E-state index in [0.29, 0.717) is 37.5 Å². The molecule has 1 saturated heterocycles. The van der Waals surface area contributed by atoms with Gasteiger partial charge in [-0.3, -0.25) is 0 Å². The van der Waals surface area contributed by atoms with Crippen LogP contribution < -0.4 is 9.80 Å². The summed E-state index contributed by atoms with van der Waals surface area (Å²) in [5.41, 5.74) is 3.00. The van der Waals surface area contributed by atoms with Gasteiger partial charge in [-0.15, -0.1) is 10.2 Å². The molecule has 1 aromatic carbocycles. The normalized spacial score (nSPS) is 15.3. The first kappa shape index (κ1) is 14.8. The van der Waals surface area contributed by atoms with Crippen LogP contribution in [0.3, 0.4) is 0 Å². The summed E-state index contributed by atoms with van der Waals surface area (Å²) in [6, 6.07) is 5.69. The first-order chi connectivity index (χ1) is 11.6. The van der Waals surface area contributed by atoms with E-state index in [0.717, 1.165) is 17.4 Å². The SMILES string of the molecule is Cc1cc(N2CCN(c3ccc(F)cc3F)CC2)c2nncn2n1. The Labute approximate surface area is 137 Å². The summed E-state index contributed by atoms with van der Waals surface area (Å²) in [6.07, 6.45) is 1.58. The molecule has 0 N–H and O–H groups in total. The fraction of sp³-hybridized carbons (Fsp3) is 0.312. The van der Waals surface area contributed by atoms with Crippen LogP contribution in [0.4, 0.5) is 20.2 Å². The lowest BCUT2D eigenvalue weighted by atomic mass is 10.2. The standard InChI is InChI=1S/C16H16F2N6/c1-11-8-15(16-20-19-10-24(16)21-11)23-6-4-22(5-7-23)14-3-2-12(17)9-13(14)18/h2-3,8-10H,4-7H2,1H3. The van der Waals surface area contributed by atoms with E-state index in [1.54, 1.807) is 10.8 Å². The van der Waals surface area contributed by atoms with Gasteiger partial charge in [-0.05, 0) is 25.1 Å². The number of aromatic nitrogens is 4. The summed E-state index contributed by atoms with van der Waals surface area (Å²) in [7, 11) is 0. The second kappa shape index (κ2) is 5.70. The number of hydrogen-bond donors (Lipinski definition) is 0. The molecule has 3 heterocycles. The van der Waals surface area contributed by atoms with Gasteiger partial charge in [0.25, 0.3) is 0 Å². The second-order valence-corrected chi connectivity index (χ2v) is 5.84. The molecule has 0 saturated carbocycles. The van der Waals surface area contributed by atoms with Gasteiger partial charge in [-0.25, -0.2) is 8.78 Å². The van der Waals surface area contributed by atoms with E-state index in [-0.39, 0.29) is 0 Å². The minimum absolute atomic E-state index is 0.439. The van der Waals surface area contributed by atoms with Gasteiger partial charge in [0, 0.05) is 32.2 Å². The fourth-order valence-corrected chi connectivity index (χ4v) is 3.09. The molecule has 1 aliphatic heterocycles. The largest absolute Gasteiger partial charge is 0.366 e. The van der Waals surface area contributed by atoms with Crippen LogP contribution in [0.1, 0.15) is 5.69 Å². The third kappa shape index (κ3) is 2.53. The van der Waals surface area contributed by atoms with Crippen molar-refractivity contribution in [3.8, 4) is 0 Å². The Morgan fingerprint density at radius 3 is 2.38 bits per heavy atom. The Bertz CT molecular complexity index is 885. The summed E-state index contributed by atoms with van der Waals surface area (Å²) < 4.78 is 28.7. The van der Waals surface area contributed by atoms with Crippen molar-refractivity contribution in [2.24, 2.45) is 0 Å². The third-order valence-electron chi connectivity index (χ3n) is 4.24. The molecule has 3 aromatic rings. The lowest BCUT2D eigenvalue weighted by Crippen LogP contribution is -2.47. The van der Waals surface area contributed by atoms with E-state index in [1.807, 2.05) is 17.9 Å². The zero-order valence-electron chi connectivity index (χ0n) is 13.2. The Hall–Kier alpha value is -2.77. The van der Waals surface area contributed by atoms with E-state index in [2.05, 4.69) is 20.2 Å². The van der Waals surface area contributed by atoms with Crippen molar-refractivity contribution in [1.29, 1.82) is 0 Å². The molecule has 6 nitrogen and oxygen atoms in total. The molecular formula is C16H16F2N6. The Balaban J connectivity index is 1.56. The highest BCUT2D eigenvalue weighted by Crippen LogP contribution is 2.25. The molecule has 1 aliphatic rings. The Kier molecular flexibility index (Phi) is 3.51. The zero-order chi connectivity index (χ0) is 16.7. The number of hydrogen-bond acceptors (Lipinski definition) is 5. The number of fused-ring (bicyclic) bond motifs is 1. The number of anilines is 2. The van der Waals surface area contributed by atoms with E-state index < -0.39 is 11.6 Å². The highest BCUT2D eigenvalue weighted by Gasteiger charge is 2.22. The smallest absolute Gasteiger partial charge is 0.200 e. The summed E-state index contributed by atoms with van der Waals surface area (Å²) in [5.74, 6) is -1.08. The number of halogens is 2. The molecule has 0 aliphatic carbocycles. The van der Waals surface area contributed by atoms with Crippen LogP contribution in [0.5, 0.6) is 0 Å². The molecule has 1 fully saturated rings. The van der Waals surface area contributed by atoms with Crippen LogP contribution in [0.25, 0.3) is 5.65 Å². The summed E-state index contributed by atoms with van der Waals surface area (Å²) in [6.45, 7) is 4.63. The van der Waals surface area contributed by atoms with Gasteiger partial charge in [0.2, 0.25) is 5.65 Å². The average molecular weight is 330 g/mol. The molecule has 0 spiro atoms. The van der Waals surface area contributed by atoms with Crippen LogP contribution in [0, 0.1) is 18.6 Å². The lowest BCUT2D eigenvalue weighted by molar-refractivity contribution is 0.570. The monoisotopic (exact) mass is 330 g/mol. The predicted molar refractivity (Wildman–Crippen MR) is 86.3 cm³/mol. The third-order valence-corrected chi connectivity index (χ3v) is 4.24. The Morgan fingerprint density at radius 2 is 1.67 bits per heavy atom. The van der Waals surface area contributed by atoms with E-state index in [1.165, 1.54) is 12.1 Å². The first-order valence-corrected chi connectivity index (χ1v) is 7.74. The van der Waals surface area contributed by atoms with Gasteiger partial charge in [0.1, 0.15) is 18.0 Å². The maximum atomic E-state index is 13.9. The topological polar surface area (TPSA) is 49.6 Å². The zero-order valence-corrected chi connectivity index (χ0v) is 13.2. The van der Waals surface area contributed by atoms with Crippen LogP contribution >= 0.6 is 0 Å². The van der Waals surface area contributed by atoms with Crippen molar-refractivity contribution < 1.29 is 8.78 Å². The molecule has 0 bridgehead atoms. The van der Waals surface area contributed by atoms with Crippen molar-refractivity contribution >= 4 is 17.0 Å². The molecule has 0 radical (unpaired) electrons. The van der Waals surface area contributed by atoms with Gasteiger partial charge in [-0.2, -0.15) is 9.61 Å². The van der Waals surface area contributed by atoms with E-state index >= 15 is 0 Å². The molecule has 2 aromatic heterocycles. The number of aryl methyl sites for hydroxylation is 1. The quantitative estimate of drug-likeness (QED) is 0.720. The van der Waals surface area contributed by atoms with Crippen LogP contribution in [-0.2, 0) is 0 Å².